The number of para-hydroxylation sites is 1. The number of aryl methyl sites for hydroxylation is 1. The van der Waals surface area contributed by atoms with Crippen molar-refractivity contribution in [1.29, 1.82) is 0 Å². The Bertz CT molecular complexity index is 1800. The molecule has 5 rings (SSSR count). The smallest absolute Gasteiger partial charge is 0.295 e. The van der Waals surface area contributed by atoms with Crippen LogP contribution in [0.25, 0.3) is 16.5 Å². The number of aromatic nitrogens is 2. The van der Waals surface area contributed by atoms with Crippen molar-refractivity contribution < 1.29 is 18.3 Å². The number of hydrogen-bond acceptors (Lipinski definition) is 9. The summed E-state index contributed by atoms with van der Waals surface area (Å²) in [6.07, 6.45) is 0. The summed E-state index contributed by atoms with van der Waals surface area (Å²) in [5.74, 6) is 0. The zero-order valence-electron chi connectivity index (χ0n) is 20.6. The highest BCUT2D eigenvalue weighted by molar-refractivity contribution is 7.89. The van der Waals surface area contributed by atoms with E-state index in [0.717, 1.165) is 10.7 Å². The Labute approximate surface area is 221 Å². The van der Waals surface area contributed by atoms with Gasteiger partial charge in [-0.2, -0.15) is 14.1 Å². The van der Waals surface area contributed by atoms with Crippen molar-refractivity contribution in [2.75, 3.05) is 31.1 Å². The van der Waals surface area contributed by atoms with Crippen molar-refractivity contribution in [2.45, 2.75) is 11.8 Å². The summed E-state index contributed by atoms with van der Waals surface area (Å²) >= 11 is 0. The predicted molar refractivity (Wildman–Crippen MR) is 143 cm³/mol. The normalized spacial score (nSPS) is 14.4. The number of nitro benzene ring substituents is 2. The summed E-state index contributed by atoms with van der Waals surface area (Å²) in [6.45, 7) is 2.22. The molecule has 1 aliphatic heterocycles. The highest BCUT2D eigenvalue weighted by atomic mass is 32.2. The molecule has 0 spiro atoms. The molecule has 1 aliphatic rings. The first-order valence-electron chi connectivity index (χ1n) is 11.9. The molecule has 14 heteroatoms. The Morgan fingerprint density at radius 1 is 0.821 bits per heavy atom. The maximum atomic E-state index is 13.2. The first-order chi connectivity index (χ1) is 18.6. The van der Waals surface area contributed by atoms with Gasteiger partial charge in [-0.05, 0) is 31.2 Å². The molecule has 0 saturated carbocycles. The first kappa shape index (κ1) is 25.9. The molecule has 13 nitrogen and oxygen atoms in total. The molecule has 0 amide bonds. The molecule has 0 atom stereocenters. The van der Waals surface area contributed by atoms with Crippen molar-refractivity contribution in [2.24, 2.45) is 0 Å². The molecule has 4 aromatic rings. The van der Waals surface area contributed by atoms with Crippen LogP contribution in [0.3, 0.4) is 0 Å². The number of nitro groups is 2. The van der Waals surface area contributed by atoms with E-state index >= 15 is 0 Å². The van der Waals surface area contributed by atoms with Crippen LogP contribution in [0.5, 0.6) is 0 Å². The fourth-order valence-electron chi connectivity index (χ4n) is 4.70. The molecule has 0 N–H and O–H groups in total. The third kappa shape index (κ3) is 4.59. The number of sulfonamides is 1. The standard InChI is InChI=1S/C25H22N6O7S/c1-17-19-6-2-3-7-20(19)25(32)29(26-17)23-16-18(10-11-21(23)30(33)34)27-12-14-28(15-13-27)39(37,38)24-9-5-4-8-22(24)31(35)36/h2-11,16H,12-15H2,1H3. The fraction of sp³-hybridized carbons (Fsp3) is 0.200. The molecule has 0 radical (unpaired) electrons. The Morgan fingerprint density at radius 3 is 2.10 bits per heavy atom. The summed E-state index contributed by atoms with van der Waals surface area (Å²) in [5, 5.41) is 28.6. The van der Waals surface area contributed by atoms with Crippen molar-refractivity contribution >= 4 is 37.9 Å². The monoisotopic (exact) mass is 550 g/mol. The summed E-state index contributed by atoms with van der Waals surface area (Å²) in [7, 11) is -4.12. The Kier molecular flexibility index (Phi) is 6.57. The maximum Gasteiger partial charge on any atom is 0.295 e. The lowest BCUT2D eigenvalue weighted by atomic mass is 10.1. The molecular weight excluding hydrogens is 528 g/mol. The highest BCUT2D eigenvalue weighted by Gasteiger charge is 2.34. The Hall–Kier alpha value is -4.69. The summed E-state index contributed by atoms with van der Waals surface area (Å²) in [4.78, 5) is 36.6. The van der Waals surface area contributed by atoms with Crippen LogP contribution in [-0.2, 0) is 10.0 Å². The van der Waals surface area contributed by atoms with Crippen molar-refractivity contribution in [3.8, 4) is 5.69 Å². The van der Waals surface area contributed by atoms with Gasteiger partial charge in [0.2, 0.25) is 10.0 Å². The van der Waals surface area contributed by atoms with Gasteiger partial charge in [0.15, 0.2) is 4.90 Å². The van der Waals surface area contributed by atoms with E-state index < -0.39 is 31.1 Å². The number of hydrogen-bond donors (Lipinski definition) is 0. The number of rotatable bonds is 6. The molecule has 0 unspecified atom stereocenters. The lowest BCUT2D eigenvalue weighted by Crippen LogP contribution is -2.48. The first-order valence-corrected chi connectivity index (χ1v) is 13.3. The van der Waals surface area contributed by atoms with Gasteiger partial charge in [-0.1, -0.05) is 30.3 Å². The Balaban J connectivity index is 1.47. The third-order valence-corrected chi connectivity index (χ3v) is 8.60. The molecule has 3 aromatic carbocycles. The summed E-state index contributed by atoms with van der Waals surface area (Å²) < 4.78 is 28.5. The number of fused-ring (bicyclic) bond motifs is 1. The van der Waals surface area contributed by atoms with Crippen molar-refractivity contribution in [3.63, 3.8) is 0 Å². The van der Waals surface area contributed by atoms with E-state index in [1.54, 1.807) is 31.2 Å². The van der Waals surface area contributed by atoms with Crippen LogP contribution in [0.2, 0.25) is 0 Å². The van der Waals surface area contributed by atoms with Crippen LogP contribution in [0.1, 0.15) is 5.69 Å². The van der Waals surface area contributed by atoms with E-state index in [2.05, 4.69) is 5.10 Å². The van der Waals surface area contributed by atoms with E-state index in [4.69, 9.17) is 0 Å². The molecule has 1 fully saturated rings. The minimum atomic E-state index is -4.12. The van der Waals surface area contributed by atoms with E-state index in [9.17, 15) is 33.4 Å². The average molecular weight is 551 g/mol. The van der Waals surface area contributed by atoms with Crippen LogP contribution in [0, 0.1) is 27.2 Å². The van der Waals surface area contributed by atoms with Crippen LogP contribution in [0.4, 0.5) is 17.1 Å². The van der Waals surface area contributed by atoms with E-state index in [0.29, 0.717) is 22.2 Å². The van der Waals surface area contributed by atoms with Gasteiger partial charge < -0.3 is 4.90 Å². The zero-order chi connectivity index (χ0) is 27.9. The van der Waals surface area contributed by atoms with Gasteiger partial charge in [0, 0.05) is 49.4 Å². The summed E-state index contributed by atoms with van der Waals surface area (Å²) in [5.41, 5.74) is -0.246. The van der Waals surface area contributed by atoms with E-state index in [1.807, 2.05) is 4.90 Å². The molecule has 1 aromatic heterocycles. The maximum absolute atomic E-state index is 13.2. The highest BCUT2D eigenvalue weighted by Crippen LogP contribution is 2.31. The van der Waals surface area contributed by atoms with Gasteiger partial charge in [-0.3, -0.25) is 25.0 Å². The number of piperazine rings is 1. The second-order valence-corrected chi connectivity index (χ2v) is 10.8. The van der Waals surface area contributed by atoms with Gasteiger partial charge in [0.1, 0.15) is 5.69 Å². The average Bonchev–Trinajstić information content (AvgIpc) is 2.94. The molecular formula is C25H22N6O7S. The minimum absolute atomic E-state index is 0.00804. The Morgan fingerprint density at radius 2 is 1.44 bits per heavy atom. The zero-order valence-corrected chi connectivity index (χ0v) is 21.4. The molecule has 39 heavy (non-hydrogen) atoms. The summed E-state index contributed by atoms with van der Waals surface area (Å²) in [6, 6.07) is 16.4. The van der Waals surface area contributed by atoms with Gasteiger partial charge in [-0.25, -0.2) is 8.42 Å². The van der Waals surface area contributed by atoms with Gasteiger partial charge in [0.05, 0.1) is 20.9 Å². The van der Waals surface area contributed by atoms with Gasteiger partial charge >= 0.3 is 0 Å². The lowest BCUT2D eigenvalue weighted by Gasteiger charge is -2.35. The van der Waals surface area contributed by atoms with Crippen LogP contribution in [-0.4, -0.2) is 58.5 Å². The van der Waals surface area contributed by atoms with Gasteiger partial charge in [-0.15, -0.1) is 0 Å². The second-order valence-electron chi connectivity index (χ2n) is 8.89. The molecule has 200 valence electrons. The van der Waals surface area contributed by atoms with E-state index in [-0.39, 0.29) is 42.4 Å². The second kappa shape index (κ2) is 9.89. The third-order valence-electron chi connectivity index (χ3n) is 6.66. The number of benzene rings is 3. The minimum Gasteiger partial charge on any atom is -0.369 e. The van der Waals surface area contributed by atoms with Crippen molar-refractivity contribution in [1.82, 2.24) is 14.1 Å². The largest absolute Gasteiger partial charge is 0.369 e. The number of nitrogens with zero attached hydrogens (tertiary/aromatic N) is 6. The molecule has 1 saturated heterocycles. The van der Waals surface area contributed by atoms with Crippen LogP contribution < -0.4 is 10.5 Å². The number of anilines is 1. The molecule has 2 heterocycles. The van der Waals surface area contributed by atoms with Crippen LogP contribution >= 0.6 is 0 Å². The van der Waals surface area contributed by atoms with Crippen LogP contribution in [0.15, 0.2) is 76.4 Å². The fourth-order valence-corrected chi connectivity index (χ4v) is 6.28. The quantitative estimate of drug-likeness (QED) is 0.259. The molecule has 0 aliphatic carbocycles. The molecule has 0 bridgehead atoms. The topological polar surface area (TPSA) is 162 Å². The van der Waals surface area contributed by atoms with E-state index in [1.165, 1.54) is 40.7 Å². The van der Waals surface area contributed by atoms with Crippen molar-refractivity contribution in [3.05, 3.63) is 103 Å². The van der Waals surface area contributed by atoms with Gasteiger partial charge in [0.25, 0.3) is 16.9 Å². The predicted octanol–water partition coefficient (Wildman–Crippen LogP) is 3.02. The SMILES string of the molecule is Cc1nn(-c2cc(N3CCN(S(=O)(=O)c4ccccc4[N+](=O)[O-])CC3)ccc2[N+](=O)[O-])c(=O)c2ccccc12. The lowest BCUT2D eigenvalue weighted by molar-refractivity contribution is -0.387.